The molecule has 2 aliphatic carbocycles. The normalized spacial score (nSPS) is 33.3. The smallest absolute Gasteiger partial charge is 0.223 e. The second-order valence-electron chi connectivity index (χ2n) is 15.4. The maximum Gasteiger partial charge on any atom is 0.223 e. The van der Waals surface area contributed by atoms with Gasteiger partial charge in [0.25, 0.3) is 0 Å². The van der Waals surface area contributed by atoms with Gasteiger partial charge in [-0.15, -0.1) is 0 Å². The van der Waals surface area contributed by atoms with Gasteiger partial charge in [-0.2, -0.15) is 0 Å². The van der Waals surface area contributed by atoms with Gasteiger partial charge in [0.1, 0.15) is 23.7 Å². The minimum atomic E-state index is -2.64. The SMILES string of the molecule is CC/C=C1\C2=C(C)C(=O)C[C@@]1(O)C#C/C=C\C#C[C@@H]2OC1OC(C)C(F)(C(=O)c2nccc3c2[nH]c2ccc(O)cc23)CC1OC1CCC(NC(C)C)C(C)O1. The summed E-state index contributed by atoms with van der Waals surface area (Å²) < 4.78 is 43.7. The zero-order valence-corrected chi connectivity index (χ0v) is 32.4. The lowest BCUT2D eigenvalue weighted by Crippen LogP contribution is -2.59. The second kappa shape index (κ2) is 15.7. The van der Waals surface area contributed by atoms with Crippen LogP contribution in [0.1, 0.15) is 84.1 Å². The van der Waals surface area contributed by atoms with E-state index in [2.05, 4.69) is 52.8 Å². The maximum absolute atomic E-state index is 17.8. The number of phenols is 1. The van der Waals surface area contributed by atoms with Crippen LogP contribution in [-0.4, -0.2) is 92.1 Å². The van der Waals surface area contributed by atoms with Crippen LogP contribution in [0.4, 0.5) is 4.39 Å². The summed E-state index contributed by atoms with van der Waals surface area (Å²) in [6.07, 6.45) is 1.27. The number of Topliss-reactive ketones (excluding diaryl/α,β-unsaturated/α-hetero) is 2. The van der Waals surface area contributed by atoms with E-state index in [1.807, 2.05) is 19.9 Å². The number of carbonyl (C=O) groups excluding carboxylic acids is 2. The topological polar surface area (TPSA) is 152 Å². The predicted octanol–water partition coefficient (Wildman–Crippen LogP) is 6.04. The molecule has 9 atom stereocenters. The number of rotatable bonds is 9. The van der Waals surface area contributed by atoms with Gasteiger partial charge in [0.2, 0.25) is 11.5 Å². The fourth-order valence-electron chi connectivity index (χ4n) is 8.18. The number of aromatic amines is 1. The van der Waals surface area contributed by atoms with E-state index < -0.39 is 54.4 Å². The molecule has 2 saturated heterocycles. The second-order valence-corrected chi connectivity index (χ2v) is 15.4. The Labute approximate surface area is 325 Å². The number of nitrogens with zero attached hydrogens (tertiary/aromatic N) is 1. The number of H-pyrrole nitrogens is 1. The van der Waals surface area contributed by atoms with Crippen LogP contribution in [0, 0.1) is 23.7 Å². The quantitative estimate of drug-likeness (QED) is 0.150. The number of nitrogens with one attached hydrogen (secondary N) is 2. The summed E-state index contributed by atoms with van der Waals surface area (Å²) in [6, 6.07) is 6.78. The zero-order valence-electron chi connectivity index (χ0n) is 32.4. The highest BCUT2D eigenvalue weighted by atomic mass is 19.1. The van der Waals surface area contributed by atoms with E-state index in [9.17, 15) is 19.8 Å². The molecule has 2 bridgehead atoms. The highest BCUT2D eigenvalue weighted by Gasteiger charge is 2.56. The van der Waals surface area contributed by atoms with Crippen molar-refractivity contribution in [2.75, 3.05) is 0 Å². The number of aromatic hydroxyl groups is 1. The lowest BCUT2D eigenvalue weighted by atomic mass is 9.73. The van der Waals surface area contributed by atoms with Crippen molar-refractivity contribution in [3.8, 4) is 29.4 Å². The molecule has 3 aromatic rings. The van der Waals surface area contributed by atoms with Gasteiger partial charge < -0.3 is 39.5 Å². The molecule has 0 spiro atoms. The van der Waals surface area contributed by atoms with Crippen LogP contribution in [0.15, 0.2) is 65.4 Å². The Balaban J connectivity index is 1.26. The highest BCUT2D eigenvalue weighted by molar-refractivity contribution is 6.16. The molecule has 2 aliphatic heterocycles. The first-order valence-electron chi connectivity index (χ1n) is 19.3. The minimum absolute atomic E-state index is 0.0468. The number of benzene rings is 1. The van der Waals surface area contributed by atoms with Crippen LogP contribution >= 0.6 is 0 Å². The molecular weight excluding hydrogens is 717 g/mol. The third kappa shape index (κ3) is 7.46. The number of aliphatic hydroxyl groups is 1. The summed E-state index contributed by atoms with van der Waals surface area (Å²) in [4.78, 5) is 35.4. The molecule has 294 valence electrons. The van der Waals surface area contributed by atoms with Crippen LogP contribution in [0.3, 0.4) is 0 Å². The van der Waals surface area contributed by atoms with Crippen molar-refractivity contribution in [3.63, 3.8) is 0 Å². The first-order valence-corrected chi connectivity index (χ1v) is 19.3. The lowest BCUT2D eigenvalue weighted by molar-refractivity contribution is -0.316. The number of hydrogen-bond donors (Lipinski definition) is 4. The van der Waals surface area contributed by atoms with Gasteiger partial charge in [0, 0.05) is 46.6 Å². The average Bonchev–Trinajstić information content (AvgIpc) is 3.52. The predicted molar refractivity (Wildman–Crippen MR) is 208 cm³/mol. The standard InChI is InChI=1S/C44H48FN3O8/c1-7-12-31-38-25(4)34(50)22-43(31,52)19-11-9-8-10-13-35(38)56-42-36(55-37-17-16-32(26(5)53-37)47-24(2)3)23-44(45,27(6)54-42)41(51)40-39-29(18-20-46-40)30-21-28(49)14-15-33(30)48-39/h8-9,12,14-15,18,20-21,24,26-27,32,35-37,42,47-49,52H,7,16-17,22-23H2,1-6H3/b9-8-,31-12+/t26?,27?,32?,35-,36?,37?,42?,43-,44?/m0/s1. The molecule has 1 aromatic carbocycles. The lowest BCUT2D eigenvalue weighted by Gasteiger charge is -2.45. The third-order valence-corrected chi connectivity index (χ3v) is 11.1. The van der Waals surface area contributed by atoms with E-state index in [-0.39, 0.29) is 41.8 Å². The van der Waals surface area contributed by atoms with Crippen molar-refractivity contribution in [1.29, 1.82) is 0 Å². The van der Waals surface area contributed by atoms with Crippen molar-refractivity contribution >= 4 is 33.4 Å². The van der Waals surface area contributed by atoms with Crippen molar-refractivity contribution in [2.45, 2.75) is 134 Å². The first-order chi connectivity index (χ1) is 26.7. The average molecular weight is 766 g/mol. The van der Waals surface area contributed by atoms with Gasteiger partial charge in [-0.05, 0) is 87.6 Å². The van der Waals surface area contributed by atoms with E-state index in [0.717, 1.165) is 6.42 Å². The molecule has 7 unspecified atom stereocenters. The van der Waals surface area contributed by atoms with Crippen LogP contribution in [0.5, 0.6) is 5.75 Å². The molecular formula is C44H48FN3O8. The Bertz CT molecular complexity index is 2270. The molecule has 56 heavy (non-hydrogen) atoms. The number of phenolic OH excluding ortho intramolecular Hbond substituents is 1. The Morgan fingerprint density at radius 2 is 1.95 bits per heavy atom. The van der Waals surface area contributed by atoms with Crippen LogP contribution in [0.25, 0.3) is 21.8 Å². The number of hydrogen-bond acceptors (Lipinski definition) is 10. The van der Waals surface area contributed by atoms with Crippen LogP contribution in [0.2, 0.25) is 0 Å². The monoisotopic (exact) mass is 765 g/mol. The summed E-state index contributed by atoms with van der Waals surface area (Å²) in [6.45, 7) is 11.1. The van der Waals surface area contributed by atoms with E-state index >= 15 is 4.39 Å². The fraction of sp³-hybridized carbons (Fsp3) is 0.477. The Hall–Kier alpha value is -4.66. The van der Waals surface area contributed by atoms with E-state index in [1.54, 1.807) is 25.1 Å². The highest BCUT2D eigenvalue weighted by Crippen LogP contribution is 2.43. The van der Waals surface area contributed by atoms with Gasteiger partial charge in [-0.25, -0.2) is 4.39 Å². The van der Waals surface area contributed by atoms with E-state index in [0.29, 0.717) is 51.4 Å². The van der Waals surface area contributed by atoms with Crippen LogP contribution in [-0.2, 0) is 23.7 Å². The van der Waals surface area contributed by atoms with E-state index in [1.165, 1.54) is 31.3 Å². The molecule has 4 aliphatic rings. The summed E-state index contributed by atoms with van der Waals surface area (Å²) >= 11 is 0. The zero-order chi connectivity index (χ0) is 39.9. The summed E-state index contributed by atoms with van der Waals surface area (Å²) in [5.41, 5.74) is -2.46. The van der Waals surface area contributed by atoms with Crippen molar-refractivity contribution < 1.29 is 43.1 Å². The minimum Gasteiger partial charge on any atom is -0.508 e. The number of carbonyl (C=O) groups is 2. The third-order valence-electron chi connectivity index (χ3n) is 11.1. The molecule has 0 radical (unpaired) electrons. The summed E-state index contributed by atoms with van der Waals surface area (Å²) in [5, 5.41) is 26.7. The number of ketones is 2. The Kier molecular flexibility index (Phi) is 11.1. The molecule has 7 rings (SSSR count). The van der Waals surface area contributed by atoms with Gasteiger partial charge >= 0.3 is 0 Å². The molecule has 4 N–H and O–H groups in total. The van der Waals surface area contributed by atoms with Crippen molar-refractivity contribution in [2.24, 2.45) is 0 Å². The molecule has 2 aromatic heterocycles. The molecule has 11 nitrogen and oxygen atoms in total. The van der Waals surface area contributed by atoms with Gasteiger partial charge in [0.05, 0.1) is 24.1 Å². The van der Waals surface area contributed by atoms with Crippen LogP contribution < -0.4 is 5.32 Å². The molecule has 4 heterocycles. The van der Waals surface area contributed by atoms with Gasteiger partial charge in [-0.1, -0.05) is 50.5 Å². The number of pyridine rings is 1. The molecule has 12 heteroatoms. The number of halogens is 1. The fourth-order valence-corrected chi connectivity index (χ4v) is 8.18. The van der Waals surface area contributed by atoms with Gasteiger partial charge in [0.15, 0.2) is 24.0 Å². The van der Waals surface area contributed by atoms with Crippen molar-refractivity contribution in [3.05, 3.63) is 71.1 Å². The summed E-state index contributed by atoms with van der Waals surface area (Å²) in [5.74, 6) is 10.5. The van der Waals surface area contributed by atoms with Crippen molar-refractivity contribution in [1.82, 2.24) is 15.3 Å². The summed E-state index contributed by atoms with van der Waals surface area (Å²) in [7, 11) is 0. The number of aromatic nitrogens is 2. The number of allylic oxidation sites excluding steroid dienone is 4. The number of ether oxygens (including phenoxy) is 4. The molecule has 2 fully saturated rings. The number of fused-ring (bicyclic) bond motifs is 5. The maximum atomic E-state index is 17.8. The Morgan fingerprint density at radius 1 is 1.16 bits per heavy atom. The Morgan fingerprint density at radius 3 is 2.70 bits per heavy atom. The molecule has 0 saturated carbocycles. The number of alkyl halides is 1. The van der Waals surface area contributed by atoms with E-state index in [4.69, 9.17) is 18.9 Å². The molecule has 0 amide bonds. The largest absolute Gasteiger partial charge is 0.508 e. The first kappa shape index (κ1) is 39.6. The van der Waals surface area contributed by atoms with Gasteiger partial charge in [-0.3, -0.25) is 14.6 Å².